The Kier molecular flexibility index (Phi) is 3.81. The molecule has 84 valence electrons. The lowest BCUT2D eigenvalue weighted by atomic mass is 10.4. The molecule has 0 amide bonds. The van der Waals surface area contributed by atoms with Gasteiger partial charge in [0.15, 0.2) is 0 Å². The van der Waals surface area contributed by atoms with E-state index < -0.39 is 0 Å². The van der Waals surface area contributed by atoms with E-state index in [0.717, 1.165) is 43.6 Å². The van der Waals surface area contributed by atoms with Crippen molar-refractivity contribution in [2.75, 3.05) is 44.2 Å². The van der Waals surface area contributed by atoms with E-state index in [1.54, 1.807) is 11.8 Å². The topological polar surface area (TPSA) is 82.9 Å². The van der Waals surface area contributed by atoms with Crippen molar-refractivity contribution in [1.82, 2.24) is 25.4 Å². The number of piperazine rings is 1. The molecule has 7 heteroatoms. The van der Waals surface area contributed by atoms with Gasteiger partial charge < -0.3 is 11.1 Å². The number of rotatable bonds is 4. The van der Waals surface area contributed by atoms with Gasteiger partial charge in [-0.05, 0) is 0 Å². The quantitative estimate of drug-likeness (QED) is 0.596. The number of nitrogens with zero attached hydrogens (tertiary/aromatic N) is 3. The van der Waals surface area contributed by atoms with Crippen LogP contribution in [0.5, 0.6) is 0 Å². The van der Waals surface area contributed by atoms with Gasteiger partial charge in [0.1, 0.15) is 0 Å². The van der Waals surface area contributed by atoms with Gasteiger partial charge in [-0.3, -0.25) is 4.90 Å². The molecule has 0 unspecified atom stereocenters. The number of nitrogens with two attached hydrogens (primary N) is 1. The molecule has 0 aromatic carbocycles. The molecule has 1 fully saturated rings. The lowest BCUT2D eigenvalue weighted by Crippen LogP contribution is -2.44. The molecule has 1 aliphatic heterocycles. The molecule has 1 aromatic rings. The van der Waals surface area contributed by atoms with E-state index in [9.17, 15) is 0 Å². The van der Waals surface area contributed by atoms with Crippen molar-refractivity contribution < 1.29 is 0 Å². The van der Waals surface area contributed by atoms with E-state index >= 15 is 0 Å². The largest absolute Gasteiger partial charge is 0.368 e. The molecule has 1 aromatic heterocycles. The van der Waals surface area contributed by atoms with Crippen molar-refractivity contribution in [3.8, 4) is 0 Å². The molecule has 1 aliphatic rings. The first kappa shape index (κ1) is 10.7. The summed E-state index contributed by atoms with van der Waals surface area (Å²) in [5.41, 5.74) is 5.43. The molecule has 4 N–H and O–H groups in total. The van der Waals surface area contributed by atoms with Gasteiger partial charge in [-0.15, -0.1) is 5.10 Å². The van der Waals surface area contributed by atoms with E-state index in [-0.39, 0.29) is 0 Å². The average Bonchev–Trinajstić information content (AvgIpc) is 2.66. The second-order valence-electron chi connectivity index (χ2n) is 3.44. The van der Waals surface area contributed by atoms with Crippen molar-refractivity contribution in [2.45, 2.75) is 5.16 Å². The third kappa shape index (κ3) is 3.37. The Morgan fingerprint density at radius 2 is 2.20 bits per heavy atom. The fraction of sp³-hybridized carbons (Fsp3) is 0.750. The number of nitrogens with one attached hydrogen (secondary N) is 2. The van der Waals surface area contributed by atoms with Gasteiger partial charge in [0.25, 0.3) is 0 Å². The van der Waals surface area contributed by atoms with Crippen LogP contribution in [0.15, 0.2) is 5.16 Å². The van der Waals surface area contributed by atoms with Crippen molar-refractivity contribution in [1.29, 1.82) is 0 Å². The van der Waals surface area contributed by atoms with Crippen LogP contribution >= 0.6 is 11.8 Å². The minimum Gasteiger partial charge on any atom is -0.368 e. The molecule has 0 radical (unpaired) electrons. The Bertz CT molecular complexity index is 295. The number of H-pyrrole nitrogens is 1. The summed E-state index contributed by atoms with van der Waals surface area (Å²) in [5, 5.41) is 10.7. The summed E-state index contributed by atoms with van der Waals surface area (Å²) >= 11 is 1.64. The zero-order chi connectivity index (χ0) is 10.5. The molecule has 2 heterocycles. The van der Waals surface area contributed by atoms with Crippen LogP contribution in [0.3, 0.4) is 0 Å². The summed E-state index contributed by atoms with van der Waals surface area (Å²) in [6.45, 7) is 5.55. The maximum Gasteiger partial charge on any atom is 0.216 e. The molecule has 0 bridgehead atoms. The van der Waals surface area contributed by atoms with E-state index in [1.807, 2.05) is 0 Å². The monoisotopic (exact) mass is 228 g/mol. The molecular weight excluding hydrogens is 212 g/mol. The van der Waals surface area contributed by atoms with E-state index in [0.29, 0.717) is 5.95 Å². The fourth-order valence-corrected chi connectivity index (χ4v) is 2.33. The van der Waals surface area contributed by atoms with Crippen LogP contribution in [-0.4, -0.2) is 58.6 Å². The normalized spacial score (nSPS) is 18.1. The summed E-state index contributed by atoms with van der Waals surface area (Å²) < 4.78 is 0. The first-order valence-corrected chi connectivity index (χ1v) is 6.07. The number of anilines is 1. The van der Waals surface area contributed by atoms with E-state index in [1.165, 1.54) is 0 Å². The third-order valence-corrected chi connectivity index (χ3v) is 3.16. The Balaban J connectivity index is 1.65. The highest BCUT2D eigenvalue weighted by molar-refractivity contribution is 7.99. The Morgan fingerprint density at radius 3 is 2.87 bits per heavy atom. The lowest BCUT2D eigenvalue weighted by Gasteiger charge is -2.26. The van der Waals surface area contributed by atoms with Gasteiger partial charge in [0.05, 0.1) is 0 Å². The van der Waals surface area contributed by atoms with Crippen LogP contribution in [-0.2, 0) is 0 Å². The third-order valence-electron chi connectivity index (χ3n) is 2.33. The Hall–Kier alpha value is -0.790. The van der Waals surface area contributed by atoms with Crippen molar-refractivity contribution >= 4 is 17.7 Å². The first-order valence-electron chi connectivity index (χ1n) is 5.08. The van der Waals surface area contributed by atoms with Crippen LogP contribution in [0.2, 0.25) is 0 Å². The predicted octanol–water partition coefficient (Wildman–Crippen LogP) is -0.616. The number of thioether (sulfide) groups is 1. The Morgan fingerprint density at radius 1 is 1.40 bits per heavy atom. The van der Waals surface area contributed by atoms with Gasteiger partial charge in [-0.25, -0.2) is 5.10 Å². The molecule has 1 saturated heterocycles. The minimum atomic E-state index is 0.389. The zero-order valence-electron chi connectivity index (χ0n) is 8.57. The molecule has 0 atom stereocenters. The maximum absolute atomic E-state index is 5.43. The summed E-state index contributed by atoms with van der Waals surface area (Å²) in [6.07, 6.45) is 0. The number of aromatic nitrogens is 3. The predicted molar refractivity (Wildman–Crippen MR) is 60.8 cm³/mol. The fourth-order valence-electron chi connectivity index (χ4n) is 1.52. The van der Waals surface area contributed by atoms with E-state index in [2.05, 4.69) is 25.4 Å². The first-order chi connectivity index (χ1) is 7.34. The molecule has 0 aliphatic carbocycles. The number of nitrogen functional groups attached to an aromatic ring is 1. The summed E-state index contributed by atoms with van der Waals surface area (Å²) in [5.74, 6) is 1.40. The summed E-state index contributed by atoms with van der Waals surface area (Å²) in [7, 11) is 0. The maximum atomic E-state index is 5.43. The molecule has 6 nitrogen and oxygen atoms in total. The standard InChI is InChI=1S/C8H16N6S/c9-7-11-8(13-12-7)15-6-5-14-3-1-10-2-4-14/h10H,1-6H2,(H3,9,11,12,13). The SMILES string of the molecule is Nc1nc(SCCN2CCNCC2)n[nH]1. The molecule has 0 saturated carbocycles. The number of hydrogen-bond donors (Lipinski definition) is 3. The summed E-state index contributed by atoms with van der Waals surface area (Å²) in [4.78, 5) is 6.48. The summed E-state index contributed by atoms with van der Waals surface area (Å²) in [6, 6.07) is 0. The molecule has 15 heavy (non-hydrogen) atoms. The smallest absolute Gasteiger partial charge is 0.216 e. The van der Waals surface area contributed by atoms with Gasteiger partial charge >= 0.3 is 0 Å². The number of aromatic amines is 1. The van der Waals surface area contributed by atoms with Gasteiger partial charge in [-0.1, -0.05) is 11.8 Å². The van der Waals surface area contributed by atoms with Crippen molar-refractivity contribution in [3.63, 3.8) is 0 Å². The minimum absolute atomic E-state index is 0.389. The molecular formula is C8H16N6S. The Labute approximate surface area is 93.0 Å². The highest BCUT2D eigenvalue weighted by Gasteiger charge is 2.09. The zero-order valence-corrected chi connectivity index (χ0v) is 9.39. The van der Waals surface area contributed by atoms with E-state index in [4.69, 9.17) is 5.73 Å². The average molecular weight is 228 g/mol. The molecule has 2 rings (SSSR count). The van der Waals surface area contributed by atoms with Crippen molar-refractivity contribution in [2.24, 2.45) is 0 Å². The lowest BCUT2D eigenvalue weighted by molar-refractivity contribution is 0.255. The van der Waals surface area contributed by atoms with Crippen molar-refractivity contribution in [3.05, 3.63) is 0 Å². The second kappa shape index (κ2) is 5.34. The van der Waals surface area contributed by atoms with Gasteiger partial charge in [-0.2, -0.15) is 4.98 Å². The van der Waals surface area contributed by atoms with Crippen LogP contribution < -0.4 is 11.1 Å². The highest BCUT2D eigenvalue weighted by atomic mass is 32.2. The van der Waals surface area contributed by atoms with Gasteiger partial charge in [0.2, 0.25) is 11.1 Å². The number of hydrogen-bond acceptors (Lipinski definition) is 6. The van der Waals surface area contributed by atoms with Crippen LogP contribution in [0.1, 0.15) is 0 Å². The van der Waals surface area contributed by atoms with Crippen LogP contribution in [0.4, 0.5) is 5.95 Å². The molecule has 0 spiro atoms. The van der Waals surface area contributed by atoms with Crippen LogP contribution in [0, 0.1) is 0 Å². The highest BCUT2D eigenvalue weighted by Crippen LogP contribution is 2.12. The van der Waals surface area contributed by atoms with Crippen LogP contribution in [0.25, 0.3) is 0 Å². The second-order valence-corrected chi connectivity index (χ2v) is 4.51. The van der Waals surface area contributed by atoms with Gasteiger partial charge in [0, 0.05) is 38.5 Å².